The fourth-order valence-electron chi connectivity index (χ4n) is 1.50. The van der Waals surface area contributed by atoms with Gasteiger partial charge in [-0.05, 0) is 30.7 Å². The van der Waals surface area contributed by atoms with Crippen LogP contribution >= 0.6 is 15.9 Å². The first kappa shape index (κ1) is 9.46. The molecule has 1 aromatic heterocycles. The van der Waals surface area contributed by atoms with E-state index in [-0.39, 0.29) is 0 Å². The maximum atomic E-state index is 4.32. The molecule has 2 nitrogen and oxygen atoms in total. The second-order valence-electron chi connectivity index (χ2n) is 3.32. The number of halogens is 1. The number of aromatic nitrogens is 2. The third-order valence-corrected chi connectivity index (χ3v) is 2.74. The zero-order valence-corrected chi connectivity index (χ0v) is 9.75. The van der Waals surface area contributed by atoms with Gasteiger partial charge in [0, 0.05) is 29.5 Å². The summed E-state index contributed by atoms with van der Waals surface area (Å²) >= 11 is 3.45. The molecule has 0 fully saturated rings. The summed E-state index contributed by atoms with van der Waals surface area (Å²) in [5, 5.41) is 0. The summed E-state index contributed by atoms with van der Waals surface area (Å²) < 4.78 is 3.13. The van der Waals surface area contributed by atoms with Gasteiger partial charge in [0.05, 0.1) is 0 Å². The van der Waals surface area contributed by atoms with Crippen LogP contribution in [0.3, 0.4) is 0 Å². The Hall–Kier alpha value is -1.09. The minimum atomic E-state index is 1.01. The van der Waals surface area contributed by atoms with Crippen molar-refractivity contribution in [3.8, 4) is 11.4 Å². The summed E-state index contributed by atoms with van der Waals surface area (Å²) in [5.74, 6) is 1.01. The maximum absolute atomic E-state index is 4.32. The number of aryl methyl sites for hydroxylation is 2. The van der Waals surface area contributed by atoms with Gasteiger partial charge in [0.2, 0.25) is 0 Å². The molecular formula is C11H11BrN2. The zero-order valence-electron chi connectivity index (χ0n) is 8.16. The number of hydrogen-bond acceptors (Lipinski definition) is 1. The summed E-state index contributed by atoms with van der Waals surface area (Å²) in [6, 6.07) is 6.22. The Labute approximate surface area is 91.7 Å². The van der Waals surface area contributed by atoms with Crippen LogP contribution in [0.2, 0.25) is 0 Å². The molecule has 0 saturated heterocycles. The van der Waals surface area contributed by atoms with Crippen molar-refractivity contribution >= 4 is 15.9 Å². The number of hydrogen-bond donors (Lipinski definition) is 0. The normalized spacial score (nSPS) is 10.5. The molecule has 3 heteroatoms. The third kappa shape index (κ3) is 1.60. The Morgan fingerprint density at radius 1 is 1.36 bits per heavy atom. The second kappa shape index (κ2) is 3.58. The lowest BCUT2D eigenvalue weighted by Gasteiger charge is -2.05. The predicted molar refractivity (Wildman–Crippen MR) is 61.1 cm³/mol. The van der Waals surface area contributed by atoms with E-state index >= 15 is 0 Å². The Bertz CT molecular complexity index is 460. The third-order valence-electron chi connectivity index (χ3n) is 2.25. The van der Waals surface area contributed by atoms with Crippen LogP contribution in [-0.2, 0) is 7.05 Å². The molecule has 0 unspecified atom stereocenters. The van der Waals surface area contributed by atoms with Gasteiger partial charge in [0.1, 0.15) is 5.82 Å². The summed E-state index contributed by atoms with van der Waals surface area (Å²) in [7, 11) is 2.00. The van der Waals surface area contributed by atoms with Gasteiger partial charge in [0.15, 0.2) is 0 Å². The van der Waals surface area contributed by atoms with E-state index in [9.17, 15) is 0 Å². The maximum Gasteiger partial charge on any atom is 0.139 e. The molecule has 2 aromatic rings. The molecular weight excluding hydrogens is 240 g/mol. The fourth-order valence-corrected chi connectivity index (χ4v) is 1.98. The van der Waals surface area contributed by atoms with Gasteiger partial charge in [-0.15, -0.1) is 0 Å². The molecule has 0 aliphatic rings. The Balaban J connectivity index is 2.58. The first-order valence-corrected chi connectivity index (χ1v) is 5.21. The molecule has 0 bridgehead atoms. The fraction of sp³-hybridized carbons (Fsp3) is 0.182. The monoisotopic (exact) mass is 250 g/mol. The number of imidazole rings is 1. The smallest absolute Gasteiger partial charge is 0.139 e. The Morgan fingerprint density at radius 2 is 2.14 bits per heavy atom. The minimum absolute atomic E-state index is 1.01. The van der Waals surface area contributed by atoms with E-state index in [1.807, 2.05) is 30.1 Å². The van der Waals surface area contributed by atoms with Crippen molar-refractivity contribution < 1.29 is 0 Å². The lowest BCUT2D eigenvalue weighted by molar-refractivity contribution is 0.923. The lowest BCUT2D eigenvalue weighted by Crippen LogP contribution is -1.93. The highest BCUT2D eigenvalue weighted by molar-refractivity contribution is 9.10. The Morgan fingerprint density at radius 3 is 2.71 bits per heavy atom. The highest BCUT2D eigenvalue weighted by atomic mass is 79.9. The summed E-state index contributed by atoms with van der Waals surface area (Å²) in [5.41, 5.74) is 2.41. The van der Waals surface area contributed by atoms with E-state index in [1.165, 1.54) is 11.1 Å². The van der Waals surface area contributed by atoms with Gasteiger partial charge in [-0.3, -0.25) is 0 Å². The molecule has 0 saturated carbocycles. The molecule has 14 heavy (non-hydrogen) atoms. The van der Waals surface area contributed by atoms with Crippen molar-refractivity contribution in [3.05, 3.63) is 40.6 Å². The van der Waals surface area contributed by atoms with Crippen molar-refractivity contribution in [1.82, 2.24) is 9.55 Å². The largest absolute Gasteiger partial charge is 0.334 e. The van der Waals surface area contributed by atoms with Gasteiger partial charge in [-0.25, -0.2) is 4.98 Å². The van der Waals surface area contributed by atoms with Gasteiger partial charge >= 0.3 is 0 Å². The van der Waals surface area contributed by atoms with Crippen molar-refractivity contribution in [2.45, 2.75) is 6.92 Å². The molecule has 0 amide bonds. The summed E-state index contributed by atoms with van der Waals surface area (Å²) in [6.07, 6.45) is 3.77. The summed E-state index contributed by atoms with van der Waals surface area (Å²) in [6.45, 7) is 2.09. The van der Waals surface area contributed by atoms with Crippen LogP contribution in [0.5, 0.6) is 0 Å². The number of nitrogens with zero attached hydrogens (tertiary/aromatic N) is 2. The highest BCUT2D eigenvalue weighted by Gasteiger charge is 2.05. The minimum Gasteiger partial charge on any atom is -0.334 e. The van der Waals surface area contributed by atoms with E-state index in [4.69, 9.17) is 0 Å². The molecule has 1 heterocycles. The van der Waals surface area contributed by atoms with Crippen LogP contribution in [0.4, 0.5) is 0 Å². The van der Waals surface area contributed by atoms with Gasteiger partial charge < -0.3 is 4.57 Å². The van der Waals surface area contributed by atoms with Gasteiger partial charge in [0.25, 0.3) is 0 Å². The standard InChI is InChI=1S/C11H11BrN2/c1-8-7-9(12)3-4-10(8)11-13-5-6-14(11)2/h3-7H,1-2H3. The van der Waals surface area contributed by atoms with Crippen LogP contribution in [0.25, 0.3) is 11.4 Å². The molecule has 0 atom stereocenters. The molecule has 0 radical (unpaired) electrons. The Kier molecular flexibility index (Phi) is 2.42. The van der Waals surface area contributed by atoms with Crippen LogP contribution in [0.1, 0.15) is 5.56 Å². The average molecular weight is 251 g/mol. The van der Waals surface area contributed by atoms with Crippen molar-refractivity contribution in [2.75, 3.05) is 0 Å². The van der Waals surface area contributed by atoms with Crippen LogP contribution < -0.4 is 0 Å². The quantitative estimate of drug-likeness (QED) is 0.761. The molecule has 1 aromatic carbocycles. The lowest BCUT2D eigenvalue weighted by atomic mass is 10.1. The molecule has 0 N–H and O–H groups in total. The average Bonchev–Trinajstić information content (AvgIpc) is 2.52. The number of rotatable bonds is 1. The number of benzene rings is 1. The van der Waals surface area contributed by atoms with Crippen molar-refractivity contribution in [1.29, 1.82) is 0 Å². The predicted octanol–water partition coefficient (Wildman–Crippen LogP) is 3.16. The van der Waals surface area contributed by atoms with Crippen LogP contribution in [-0.4, -0.2) is 9.55 Å². The summed E-state index contributed by atoms with van der Waals surface area (Å²) in [4.78, 5) is 4.32. The van der Waals surface area contributed by atoms with Crippen LogP contribution in [0.15, 0.2) is 35.1 Å². The highest BCUT2D eigenvalue weighted by Crippen LogP contribution is 2.24. The zero-order chi connectivity index (χ0) is 10.1. The van der Waals surface area contributed by atoms with E-state index in [1.54, 1.807) is 0 Å². The van der Waals surface area contributed by atoms with E-state index in [2.05, 4.69) is 40.0 Å². The van der Waals surface area contributed by atoms with Crippen molar-refractivity contribution in [3.63, 3.8) is 0 Å². The molecule has 0 aliphatic carbocycles. The van der Waals surface area contributed by atoms with E-state index in [0.29, 0.717) is 0 Å². The second-order valence-corrected chi connectivity index (χ2v) is 4.24. The van der Waals surface area contributed by atoms with E-state index < -0.39 is 0 Å². The first-order chi connectivity index (χ1) is 6.68. The van der Waals surface area contributed by atoms with Crippen LogP contribution in [0, 0.1) is 6.92 Å². The van der Waals surface area contributed by atoms with Crippen molar-refractivity contribution in [2.24, 2.45) is 7.05 Å². The topological polar surface area (TPSA) is 17.8 Å². The molecule has 0 aliphatic heterocycles. The SMILES string of the molecule is Cc1cc(Br)ccc1-c1nccn1C. The van der Waals surface area contributed by atoms with Gasteiger partial charge in [-0.2, -0.15) is 0 Å². The molecule has 72 valence electrons. The first-order valence-electron chi connectivity index (χ1n) is 4.42. The van der Waals surface area contributed by atoms with E-state index in [0.717, 1.165) is 10.3 Å². The van der Waals surface area contributed by atoms with Gasteiger partial charge in [-0.1, -0.05) is 15.9 Å². The molecule has 0 spiro atoms. The molecule has 2 rings (SSSR count).